The monoisotopic (exact) mass is 145 g/mol. The Bertz CT molecular complexity index is 75.7. The van der Waals surface area contributed by atoms with Crippen molar-refractivity contribution < 1.29 is 4.74 Å². The highest BCUT2D eigenvalue weighted by atomic mass is 16.5. The van der Waals surface area contributed by atoms with Crippen LogP contribution in [0.5, 0.6) is 0 Å². The molecule has 0 aliphatic carbocycles. The highest BCUT2D eigenvalue weighted by Gasteiger charge is 2.12. The smallest absolute Gasteiger partial charge is 0.0696 e. The fourth-order valence-corrected chi connectivity index (χ4v) is 1.09. The summed E-state index contributed by atoms with van der Waals surface area (Å²) in [5, 5.41) is 3.23. The molecule has 0 aliphatic rings. The van der Waals surface area contributed by atoms with E-state index in [9.17, 15) is 0 Å². The van der Waals surface area contributed by atoms with E-state index >= 15 is 0 Å². The third-order valence-electron chi connectivity index (χ3n) is 1.91. The van der Waals surface area contributed by atoms with Crippen LogP contribution in [-0.2, 0) is 4.74 Å². The lowest BCUT2D eigenvalue weighted by Gasteiger charge is -2.21. The zero-order chi connectivity index (χ0) is 7.98. The first-order valence-corrected chi connectivity index (χ1v) is 3.96. The summed E-state index contributed by atoms with van der Waals surface area (Å²) in [5.74, 6) is 0. The second-order valence-corrected chi connectivity index (χ2v) is 2.62. The van der Waals surface area contributed by atoms with E-state index in [4.69, 9.17) is 4.74 Å². The molecule has 0 bridgehead atoms. The summed E-state index contributed by atoms with van der Waals surface area (Å²) >= 11 is 0. The average molecular weight is 145 g/mol. The molecule has 0 aromatic carbocycles. The van der Waals surface area contributed by atoms with Crippen molar-refractivity contribution in [2.75, 3.05) is 14.2 Å². The van der Waals surface area contributed by atoms with Gasteiger partial charge in [0.2, 0.25) is 0 Å². The Morgan fingerprint density at radius 1 is 1.50 bits per heavy atom. The summed E-state index contributed by atoms with van der Waals surface area (Å²) in [6, 6.07) is 0.509. The Balaban J connectivity index is 3.56. The van der Waals surface area contributed by atoms with Gasteiger partial charge in [-0.25, -0.2) is 0 Å². The number of hydrogen-bond donors (Lipinski definition) is 1. The predicted octanol–water partition coefficient (Wildman–Crippen LogP) is 1.41. The summed E-state index contributed by atoms with van der Waals surface area (Å²) in [4.78, 5) is 0. The molecule has 62 valence electrons. The van der Waals surface area contributed by atoms with E-state index in [0.717, 1.165) is 0 Å². The molecule has 10 heavy (non-hydrogen) atoms. The van der Waals surface area contributed by atoms with Crippen molar-refractivity contribution in [3.63, 3.8) is 0 Å². The zero-order valence-corrected chi connectivity index (χ0v) is 7.48. The minimum absolute atomic E-state index is 0.324. The van der Waals surface area contributed by atoms with Gasteiger partial charge in [-0.3, -0.25) is 0 Å². The molecular formula is C8H19NO. The normalized spacial score (nSPS) is 16.8. The highest BCUT2D eigenvalue weighted by molar-refractivity contribution is 4.70. The number of hydrogen-bond acceptors (Lipinski definition) is 2. The van der Waals surface area contributed by atoms with Gasteiger partial charge in [0.15, 0.2) is 0 Å². The van der Waals surface area contributed by atoms with Crippen LogP contribution in [0.3, 0.4) is 0 Å². The van der Waals surface area contributed by atoms with Gasteiger partial charge < -0.3 is 10.1 Å². The highest BCUT2D eigenvalue weighted by Crippen LogP contribution is 2.03. The van der Waals surface area contributed by atoms with Gasteiger partial charge in [-0.05, 0) is 20.4 Å². The van der Waals surface area contributed by atoms with Crippen molar-refractivity contribution in [1.82, 2.24) is 5.32 Å². The molecule has 0 amide bonds. The number of methoxy groups -OCH3 is 1. The van der Waals surface area contributed by atoms with Gasteiger partial charge in [0.05, 0.1) is 6.10 Å². The van der Waals surface area contributed by atoms with Gasteiger partial charge >= 0.3 is 0 Å². The summed E-state index contributed by atoms with van der Waals surface area (Å²) in [5.41, 5.74) is 0. The van der Waals surface area contributed by atoms with Crippen molar-refractivity contribution in [3.8, 4) is 0 Å². The summed E-state index contributed by atoms with van der Waals surface area (Å²) < 4.78 is 5.19. The molecule has 0 aromatic rings. The Labute approximate surface area is 64.0 Å². The van der Waals surface area contributed by atoms with Gasteiger partial charge in [-0.2, -0.15) is 0 Å². The van der Waals surface area contributed by atoms with E-state index in [1.165, 1.54) is 12.8 Å². The standard InChI is InChI=1S/C8H19NO/c1-5-6-8(9-3)7(2)10-4/h7-9H,5-6H2,1-4H3. The Morgan fingerprint density at radius 3 is 2.40 bits per heavy atom. The lowest BCUT2D eigenvalue weighted by molar-refractivity contribution is 0.0825. The second kappa shape index (κ2) is 5.69. The zero-order valence-electron chi connectivity index (χ0n) is 7.48. The first-order chi connectivity index (χ1) is 4.76. The fraction of sp³-hybridized carbons (Fsp3) is 1.00. The number of likely N-dealkylation sites (N-methyl/N-ethyl adjacent to an activating group) is 1. The molecule has 0 heterocycles. The maximum Gasteiger partial charge on any atom is 0.0696 e. The van der Waals surface area contributed by atoms with E-state index in [0.29, 0.717) is 12.1 Å². The minimum atomic E-state index is 0.324. The van der Waals surface area contributed by atoms with Crippen LogP contribution in [0.25, 0.3) is 0 Å². The van der Waals surface area contributed by atoms with Crippen LogP contribution in [0.1, 0.15) is 26.7 Å². The third-order valence-corrected chi connectivity index (χ3v) is 1.91. The van der Waals surface area contributed by atoms with Crippen molar-refractivity contribution in [2.45, 2.75) is 38.8 Å². The van der Waals surface area contributed by atoms with Gasteiger partial charge in [0, 0.05) is 13.2 Å². The van der Waals surface area contributed by atoms with E-state index in [-0.39, 0.29) is 0 Å². The lowest BCUT2D eigenvalue weighted by Crippen LogP contribution is -2.36. The van der Waals surface area contributed by atoms with Crippen molar-refractivity contribution in [3.05, 3.63) is 0 Å². The van der Waals surface area contributed by atoms with Crippen LogP contribution in [-0.4, -0.2) is 26.3 Å². The van der Waals surface area contributed by atoms with E-state index in [2.05, 4.69) is 19.2 Å². The van der Waals surface area contributed by atoms with Gasteiger partial charge in [-0.15, -0.1) is 0 Å². The number of ether oxygens (including phenoxy) is 1. The molecular weight excluding hydrogens is 126 g/mol. The average Bonchev–Trinajstić information content (AvgIpc) is 1.99. The topological polar surface area (TPSA) is 21.3 Å². The minimum Gasteiger partial charge on any atom is -0.380 e. The molecule has 0 spiro atoms. The second-order valence-electron chi connectivity index (χ2n) is 2.62. The van der Waals surface area contributed by atoms with Gasteiger partial charge in [-0.1, -0.05) is 13.3 Å². The van der Waals surface area contributed by atoms with Crippen molar-refractivity contribution in [2.24, 2.45) is 0 Å². The SMILES string of the molecule is CCCC(NC)C(C)OC. The van der Waals surface area contributed by atoms with E-state index in [1.54, 1.807) is 7.11 Å². The van der Waals surface area contributed by atoms with Crippen LogP contribution in [0.2, 0.25) is 0 Å². The molecule has 0 radical (unpaired) electrons. The van der Waals surface area contributed by atoms with E-state index in [1.807, 2.05) is 7.05 Å². The maximum absolute atomic E-state index is 5.19. The van der Waals surface area contributed by atoms with Gasteiger partial charge in [0.25, 0.3) is 0 Å². The largest absolute Gasteiger partial charge is 0.380 e. The molecule has 2 nitrogen and oxygen atoms in total. The first-order valence-electron chi connectivity index (χ1n) is 3.96. The Morgan fingerprint density at radius 2 is 2.10 bits per heavy atom. The molecule has 0 saturated heterocycles. The van der Waals surface area contributed by atoms with Crippen LogP contribution in [0.15, 0.2) is 0 Å². The van der Waals surface area contributed by atoms with Crippen LogP contribution >= 0.6 is 0 Å². The lowest BCUT2D eigenvalue weighted by atomic mass is 10.1. The van der Waals surface area contributed by atoms with Crippen LogP contribution in [0, 0.1) is 0 Å². The van der Waals surface area contributed by atoms with Gasteiger partial charge in [0.1, 0.15) is 0 Å². The van der Waals surface area contributed by atoms with Crippen molar-refractivity contribution in [1.29, 1.82) is 0 Å². The quantitative estimate of drug-likeness (QED) is 0.631. The van der Waals surface area contributed by atoms with Crippen LogP contribution in [0.4, 0.5) is 0 Å². The Kier molecular flexibility index (Phi) is 5.64. The molecule has 1 N–H and O–H groups in total. The number of nitrogens with one attached hydrogen (secondary N) is 1. The molecule has 2 unspecified atom stereocenters. The molecule has 0 aliphatic heterocycles. The molecule has 2 atom stereocenters. The molecule has 0 rings (SSSR count). The molecule has 2 heteroatoms. The van der Waals surface area contributed by atoms with E-state index < -0.39 is 0 Å². The first kappa shape index (κ1) is 9.92. The van der Waals surface area contributed by atoms with Crippen molar-refractivity contribution >= 4 is 0 Å². The molecule has 0 saturated carbocycles. The third kappa shape index (κ3) is 3.18. The summed E-state index contributed by atoms with van der Waals surface area (Å²) in [7, 11) is 3.74. The molecule has 0 aromatic heterocycles. The predicted molar refractivity (Wildman–Crippen MR) is 44.2 cm³/mol. The Hall–Kier alpha value is -0.0800. The summed E-state index contributed by atoms with van der Waals surface area (Å²) in [6.45, 7) is 4.28. The maximum atomic E-state index is 5.19. The molecule has 0 fully saturated rings. The summed E-state index contributed by atoms with van der Waals surface area (Å²) in [6.07, 6.45) is 2.72. The fourth-order valence-electron chi connectivity index (χ4n) is 1.09. The van der Waals surface area contributed by atoms with Crippen LogP contribution < -0.4 is 5.32 Å². The number of rotatable bonds is 5.